The summed E-state index contributed by atoms with van der Waals surface area (Å²) in [6.07, 6.45) is 3.12. The van der Waals surface area contributed by atoms with E-state index in [9.17, 15) is 0 Å². The lowest BCUT2D eigenvalue weighted by atomic mass is 10.00. The lowest BCUT2D eigenvalue weighted by Crippen LogP contribution is -2.45. The van der Waals surface area contributed by atoms with Crippen molar-refractivity contribution in [2.75, 3.05) is 44.7 Å². The molecule has 3 rings (SSSR count). The Bertz CT molecular complexity index is 431. The highest BCUT2D eigenvalue weighted by Crippen LogP contribution is 2.26. The quantitative estimate of drug-likeness (QED) is 0.725. The molecule has 0 saturated carbocycles. The summed E-state index contributed by atoms with van der Waals surface area (Å²) in [6, 6.07) is 6.60. The molecule has 0 radical (unpaired) electrons. The van der Waals surface area contributed by atoms with E-state index in [0.717, 1.165) is 39.1 Å². The van der Waals surface area contributed by atoms with E-state index in [4.69, 9.17) is 0 Å². The zero-order valence-electron chi connectivity index (χ0n) is 10.4. The number of aliphatic imine (C=N–C) groups is 1. The van der Waals surface area contributed by atoms with Crippen LogP contribution in [-0.2, 0) is 6.42 Å². The van der Waals surface area contributed by atoms with E-state index >= 15 is 0 Å². The highest BCUT2D eigenvalue weighted by molar-refractivity contribution is 5.85. The molecule has 2 aliphatic rings. The van der Waals surface area contributed by atoms with Gasteiger partial charge in [-0.15, -0.1) is 0 Å². The number of piperazine rings is 1. The van der Waals surface area contributed by atoms with Gasteiger partial charge < -0.3 is 9.80 Å². The molecule has 0 aliphatic carbocycles. The summed E-state index contributed by atoms with van der Waals surface area (Å²) in [5.41, 5.74) is 4.24. The Morgan fingerprint density at radius 1 is 1.12 bits per heavy atom. The fraction of sp³-hybridized carbons (Fsp3) is 0.500. The van der Waals surface area contributed by atoms with E-state index in [1.165, 1.54) is 16.8 Å². The molecule has 17 heavy (non-hydrogen) atoms. The second kappa shape index (κ2) is 4.49. The molecule has 1 fully saturated rings. The molecule has 2 aliphatic heterocycles. The molecule has 0 atom stereocenters. The van der Waals surface area contributed by atoms with Crippen molar-refractivity contribution in [1.29, 1.82) is 0 Å². The molecule has 1 saturated heterocycles. The first-order chi connectivity index (χ1) is 8.34. The van der Waals surface area contributed by atoms with Gasteiger partial charge in [0.25, 0.3) is 0 Å². The molecule has 0 N–H and O–H groups in total. The van der Waals surface area contributed by atoms with E-state index in [2.05, 4.69) is 40.0 Å². The van der Waals surface area contributed by atoms with Crippen molar-refractivity contribution in [3.8, 4) is 0 Å². The predicted molar refractivity (Wildman–Crippen MR) is 72.3 cm³/mol. The van der Waals surface area contributed by atoms with Gasteiger partial charge in [0.1, 0.15) is 0 Å². The number of nitrogens with zero attached hydrogens (tertiary/aromatic N) is 3. The second-order valence-corrected chi connectivity index (χ2v) is 4.92. The average molecular weight is 229 g/mol. The summed E-state index contributed by atoms with van der Waals surface area (Å²) in [5, 5.41) is 0. The van der Waals surface area contributed by atoms with E-state index in [0.29, 0.717) is 0 Å². The molecule has 0 unspecified atom stereocenters. The lowest BCUT2D eigenvalue weighted by molar-refractivity contribution is 0.312. The summed E-state index contributed by atoms with van der Waals surface area (Å²) in [5.74, 6) is 0. The highest BCUT2D eigenvalue weighted by Gasteiger charge is 2.18. The Morgan fingerprint density at radius 2 is 1.94 bits per heavy atom. The van der Waals surface area contributed by atoms with Gasteiger partial charge in [-0.1, -0.05) is 12.1 Å². The number of fused-ring (bicyclic) bond motifs is 1. The molecule has 2 heterocycles. The molecular formula is C14H19N3. The average Bonchev–Trinajstić information content (AvgIpc) is 2.39. The Hall–Kier alpha value is -1.35. The normalized spacial score (nSPS) is 20.4. The first-order valence-corrected chi connectivity index (χ1v) is 6.40. The fourth-order valence-corrected chi connectivity index (χ4v) is 2.67. The summed E-state index contributed by atoms with van der Waals surface area (Å²) in [7, 11) is 2.20. The second-order valence-electron chi connectivity index (χ2n) is 4.92. The van der Waals surface area contributed by atoms with Gasteiger partial charge in [0.2, 0.25) is 0 Å². The van der Waals surface area contributed by atoms with Crippen LogP contribution in [0.1, 0.15) is 11.1 Å². The maximum atomic E-state index is 4.36. The summed E-state index contributed by atoms with van der Waals surface area (Å²) in [6.45, 7) is 5.56. The molecule has 1 aromatic carbocycles. The van der Waals surface area contributed by atoms with Crippen molar-refractivity contribution < 1.29 is 0 Å². The summed E-state index contributed by atoms with van der Waals surface area (Å²) in [4.78, 5) is 9.29. The first kappa shape index (κ1) is 10.8. The van der Waals surface area contributed by atoms with Crippen molar-refractivity contribution in [1.82, 2.24) is 4.90 Å². The first-order valence-electron chi connectivity index (χ1n) is 6.40. The third-order valence-corrected chi connectivity index (χ3v) is 3.75. The van der Waals surface area contributed by atoms with Gasteiger partial charge in [0, 0.05) is 44.6 Å². The number of anilines is 1. The highest BCUT2D eigenvalue weighted by atomic mass is 15.2. The summed E-state index contributed by atoms with van der Waals surface area (Å²) >= 11 is 0. The number of likely N-dealkylation sites (N-methyl/N-ethyl adjacent to an activating group) is 1. The minimum Gasteiger partial charge on any atom is -0.369 e. The number of benzene rings is 1. The van der Waals surface area contributed by atoms with E-state index < -0.39 is 0 Å². The van der Waals surface area contributed by atoms with Crippen LogP contribution in [0.5, 0.6) is 0 Å². The Morgan fingerprint density at radius 3 is 2.76 bits per heavy atom. The van der Waals surface area contributed by atoms with Crippen LogP contribution in [0.3, 0.4) is 0 Å². The molecule has 0 amide bonds. The van der Waals surface area contributed by atoms with Gasteiger partial charge in [-0.3, -0.25) is 4.99 Å². The standard InChI is InChI=1S/C14H19N3/c1-16-7-9-17(10-8-16)14-4-2-3-12-11-15-6-5-13(12)14/h2-4,11H,5-10H2,1H3. The van der Waals surface area contributed by atoms with E-state index in [-0.39, 0.29) is 0 Å². The number of hydrogen-bond donors (Lipinski definition) is 0. The molecule has 90 valence electrons. The van der Waals surface area contributed by atoms with Gasteiger partial charge in [0.15, 0.2) is 0 Å². The van der Waals surface area contributed by atoms with Gasteiger partial charge in [-0.05, 0) is 30.7 Å². The minimum atomic E-state index is 0.942. The molecule has 0 aromatic heterocycles. The maximum Gasteiger partial charge on any atom is 0.0430 e. The molecule has 3 nitrogen and oxygen atoms in total. The van der Waals surface area contributed by atoms with Gasteiger partial charge in [-0.2, -0.15) is 0 Å². The van der Waals surface area contributed by atoms with Crippen LogP contribution < -0.4 is 4.90 Å². The zero-order chi connectivity index (χ0) is 11.7. The van der Waals surface area contributed by atoms with Crippen LogP contribution in [0.15, 0.2) is 23.2 Å². The minimum absolute atomic E-state index is 0.942. The van der Waals surface area contributed by atoms with Gasteiger partial charge in [-0.25, -0.2) is 0 Å². The number of rotatable bonds is 1. The molecule has 3 heteroatoms. The van der Waals surface area contributed by atoms with E-state index in [1.807, 2.05) is 6.21 Å². The third kappa shape index (κ3) is 2.07. The van der Waals surface area contributed by atoms with Crippen molar-refractivity contribution in [3.63, 3.8) is 0 Å². The largest absolute Gasteiger partial charge is 0.369 e. The van der Waals surface area contributed by atoms with Crippen LogP contribution in [0, 0.1) is 0 Å². The van der Waals surface area contributed by atoms with Crippen LogP contribution in [0.25, 0.3) is 0 Å². The van der Waals surface area contributed by atoms with Gasteiger partial charge in [0.05, 0.1) is 0 Å². The predicted octanol–water partition coefficient (Wildman–Crippen LogP) is 1.41. The monoisotopic (exact) mass is 229 g/mol. The van der Waals surface area contributed by atoms with Crippen LogP contribution >= 0.6 is 0 Å². The molecule has 1 aromatic rings. The van der Waals surface area contributed by atoms with Crippen LogP contribution in [0.4, 0.5) is 5.69 Å². The van der Waals surface area contributed by atoms with Crippen molar-refractivity contribution >= 4 is 11.9 Å². The molecule has 0 spiro atoms. The Kier molecular flexibility index (Phi) is 2.85. The van der Waals surface area contributed by atoms with Crippen LogP contribution in [-0.4, -0.2) is 50.9 Å². The fourth-order valence-electron chi connectivity index (χ4n) is 2.67. The van der Waals surface area contributed by atoms with Gasteiger partial charge >= 0.3 is 0 Å². The SMILES string of the molecule is CN1CCN(c2cccc3c2CCN=C3)CC1. The van der Waals surface area contributed by atoms with Crippen molar-refractivity contribution in [2.45, 2.75) is 6.42 Å². The van der Waals surface area contributed by atoms with Crippen LogP contribution in [0.2, 0.25) is 0 Å². The third-order valence-electron chi connectivity index (χ3n) is 3.75. The Balaban J connectivity index is 1.90. The maximum absolute atomic E-state index is 4.36. The topological polar surface area (TPSA) is 18.8 Å². The van der Waals surface area contributed by atoms with Crippen molar-refractivity contribution in [3.05, 3.63) is 29.3 Å². The zero-order valence-corrected chi connectivity index (χ0v) is 10.4. The Labute approximate surface area is 103 Å². The lowest BCUT2D eigenvalue weighted by Gasteiger charge is -2.35. The number of hydrogen-bond acceptors (Lipinski definition) is 3. The van der Waals surface area contributed by atoms with E-state index in [1.54, 1.807) is 0 Å². The summed E-state index contributed by atoms with van der Waals surface area (Å²) < 4.78 is 0. The van der Waals surface area contributed by atoms with Crippen molar-refractivity contribution in [2.24, 2.45) is 4.99 Å². The molecule has 0 bridgehead atoms. The smallest absolute Gasteiger partial charge is 0.0430 e. The molecular weight excluding hydrogens is 210 g/mol.